The Bertz CT molecular complexity index is 320. The van der Waals surface area contributed by atoms with Crippen LogP contribution in [0.15, 0.2) is 0 Å². The molecule has 0 aromatic heterocycles. The molecule has 6 heteroatoms. The Morgan fingerprint density at radius 2 is 2.06 bits per heavy atom. The van der Waals surface area contributed by atoms with Gasteiger partial charge in [-0.1, -0.05) is 6.42 Å². The van der Waals surface area contributed by atoms with Gasteiger partial charge in [0.25, 0.3) is 0 Å². The number of carbonyl (C=O) groups excluding carboxylic acids is 1. The molecule has 0 aromatic carbocycles. The maximum atomic E-state index is 11.8. The first-order valence-corrected chi connectivity index (χ1v) is 7.46. The molecule has 1 fully saturated rings. The van der Waals surface area contributed by atoms with Crippen LogP contribution in [0.2, 0.25) is 0 Å². The second-order valence-electron chi connectivity index (χ2n) is 5.36. The molecule has 104 valence electrons. The van der Waals surface area contributed by atoms with E-state index in [9.17, 15) is 9.59 Å². The number of carbonyl (C=O) groups is 2. The summed E-state index contributed by atoms with van der Waals surface area (Å²) in [6.45, 7) is 3.42. The molecule has 3 N–H and O–H groups in total. The number of urea groups is 1. The Hall–Kier alpha value is -0.910. The number of nitrogens with one attached hydrogen (secondary N) is 2. The number of carboxylic acid groups (broad SMARTS) is 1. The van der Waals surface area contributed by atoms with Gasteiger partial charge in [-0.3, -0.25) is 4.79 Å². The highest BCUT2D eigenvalue weighted by molar-refractivity contribution is 7.99. The number of aliphatic carboxylic acids is 1. The van der Waals surface area contributed by atoms with Gasteiger partial charge in [-0.15, -0.1) is 0 Å². The van der Waals surface area contributed by atoms with E-state index in [4.69, 9.17) is 5.11 Å². The van der Waals surface area contributed by atoms with E-state index in [2.05, 4.69) is 16.9 Å². The van der Waals surface area contributed by atoms with Gasteiger partial charge in [-0.2, -0.15) is 11.8 Å². The molecule has 0 aromatic rings. The Morgan fingerprint density at radius 3 is 2.61 bits per heavy atom. The van der Waals surface area contributed by atoms with Gasteiger partial charge in [-0.05, 0) is 32.9 Å². The molecule has 1 rings (SSSR count). The van der Waals surface area contributed by atoms with Crippen LogP contribution in [0.4, 0.5) is 4.79 Å². The van der Waals surface area contributed by atoms with Crippen molar-refractivity contribution in [1.29, 1.82) is 0 Å². The van der Waals surface area contributed by atoms with Gasteiger partial charge in [0.1, 0.15) is 0 Å². The zero-order chi connectivity index (χ0) is 13.8. The van der Waals surface area contributed by atoms with E-state index in [1.807, 2.05) is 0 Å². The van der Waals surface area contributed by atoms with Gasteiger partial charge in [0.2, 0.25) is 0 Å². The van der Waals surface area contributed by atoms with Gasteiger partial charge < -0.3 is 15.7 Å². The van der Waals surface area contributed by atoms with E-state index in [0.717, 1.165) is 19.3 Å². The van der Waals surface area contributed by atoms with Crippen molar-refractivity contribution < 1.29 is 14.7 Å². The van der Waals surface area contributed by atoms with Crippen molar-refractivity contribution >= 4 is 23.8 Å². The van der Waals surface area contributed by atoms with Crippen LogP contribution in [0.1, 0.15) is 39.5 Å². The van der Waals surface area contributed by atoms with Gasteiger partial charge >= 0.3 is 12.0 Å². The summed E-state index contributed by atoms with van der Waals surface area (Å²) < 4.78 is 0. The van der Waals surface area contributed by atoms with Crippen LogP contribution in [0.25, 0.3) is 0 Å². The van der Waals surface area contributed by atoms with Crippen molar-refractivity contribution in [2.24, 2.45) is 0 Å². The summed E-state index contributed by atoms with van der Waals surface area (Å²) in [4.78, 5) is 22.5. The highest BCUT2D eigenvalue weighted by Crippen LogP contribution is 2.28. The molecule has 1 saturated carbocycles. The summed E-state index contributed by atoms with van der Waals surface area (Å²) in [5.41, 5.74) is -0.733. The molecular weight excluding hydrogens is 252 g/mol. The van der Waals surface area contributed by atoms with Gasteiger partial charge in [-0.25, -0.2) is 4.79 Å². The first-order valence-electron chi connectivity index (χ1n) is 6.17. The Balaban J connectivity index is 2.43. The molecule has 18 heavy (non-hydrogen) atoms. The van der Waals surface area contributed by atoms with Crippen molar-refractivity contribution in [3.05, 3.63) is 0 Å². The minimum atomic E-state index is -0.914. The normalized spacial score (nSPS) is 23.7. The second kappa shape index (κ2) is 6.31. The Morgan fingerprint density at radius 1 is 1.39 bits per heavy atom. The lowest BCUT2D eigenvalue weighted by Gasteiger charge is -2.27. The zero-order valence-corrected chi connectivity index (χ0v) is 12.0. The Kier molecular flexibility index (Phi) is 5.31. The molecule has 0 radical (unpaired) electrons. The molecule has 2 unspecified atom stereocenters. The van der Waals surface area contributed by atoms with Crippen LogP contribution in [0.3, 0.4) is 0 Å². The molecule has 0 aliphatic heterocycles. The molecular formula is C12H22N2O3S. The molecule has 0 saturated heterocycles. The number of rotatable bonds is 5. The highest BCUT2D eigenvalue weighted by atomic mass is 32.2. The van der Waals surface area contributed by atoms with Crippen molar-refractivity contribution in [2.75, 3.05) is 6.26 Å². The average molecular weight is 274 g/mol. The van der Waals surface area contributed by atoms with Crippen LogP contribution >= 0.6 is 11.8 Å². The largest absolute Gasteiger partial charge is 0.481 e. The predicted molar refractivity (Wildman–Crippen MR) is 72.9 cm³/mol. The topological polar surface area (TPSA) is 78.4 Å². The minimum Gasteiger partial charge on any atom is -0.481 e. The SMILES string of the molecule is CSC1CCCC1NC(=O)NC(C)(C)CC(=O)O. The number of hydrogen-bond acceptors (Lipinski definition) is 3. The van der Waals surface area contributed by atoms with Crippen molar-refractivity contribution in [3.8, 4) is 0 Å². The van der Waals surface area contributed by atoms with Crippen LogP contribution in [-0.2, 0) is 4.79 Å². The van der Waals surface area contributed by atoms with Crippen LogP contribution in [-0.4, -0.2) is 40.2 Å². The molecule has 0 heterocycles. The van der Waals surface area contributed by atoms with E-state index in [0.29, 0.717) is 5.25 Å². The number of carboxylic acids is 1. The summed E-state index contributed by atoms with van der Waals surface area (Å²) in [7, 11) is 0. The third-order valence-corrected chi connectivity index (χ3v) is 4.29. The van der Waals surface area contributed by atoms with E-state index < -0.39 is 11.5 Å². The molecule has 1 aliphatic rings. The fourth-order valence-electron chi connectivity index (χ4n) is 2.31. The van der Waals surface area contributed by atoms with Crippen molar-refractivity contribution in [2.45, 2.75) is 56.4 Å². The summed E-state index contributed by atoms with van der Waals surface area (Å²) in [6, 6.07) is -0.0761. The second-order valence-corrected chi connectivity index (χ2v) is 6.44. The summed E-state index contributed by atoms with van der Waals surface area (Å²) >= 11 is 1.77. The summed E-state index contributed by atoms with van der Waals surface area (Å²) in [5, 5.41) is 14.9. The summed E-state index contributed by atoms with van der Waals surface area (Å²) in [5.74, 6) is -0.914. The molecule has 0 spiro atoms. The number of hydrogen-bond donors (Lipinski definition) is 3. The first-order chi connectivity index (χ1) is 8.34. The van der Waals surface area contributed by atoms with Crippen molar-refractivity contribution in [1.82, 2.24) is 10.6 Å². The fourth-order valence-corrected chi connectivity index (χ4v) is 3.24. The third kappa shape index (κ3) is 4.76. The predicted octanol–water partition coefficient (Wildman–Crippen LogP) is 1.82. The maximum Gasteiger partial charge on any atom is 0.315 e. The van der Waals surface area contributed by atoms with E-state index in [1.54, 1.807) is 25.6 Å². The number of amides is 2. The standard InChI is InChI=1S/C12H22N2O3S/c1-12(2,7-10(15)16)14-11(17)13-8-5-4-6-9(8)18-3/h8-9H,4-7H2,1-3H3,(H,15,16)(H2,13,14,17). The van der Waals surface area contributed by atoms with Crippen LogP contribution in [0, 0.1) is 0 Å². The smallest absolute Gasteiger partial charge is 0.315 e. The third-order valence-electron chi connectivity index (χ3n) is 3.12. The minimum absolute atomic E-state index is 0.0863. The maximum absolute atomic E-state index is 11.8. The summed E-state index contributed by atoms with van der Waals surface area (Å²) in [6.07, 6.45) is 5.23. The van der Waals surface area contributed by atoms with Crippen LogP contribution < -0.4 is 10.6 Å². The quantitative estimate of drug-likeness (QED) is 0.714. The molecule has 2 amide bonds. The monoisotopic (exact) mass is 274 g/mol. The molecule has 2 atom stereocenters. The van der Waals surface area contributed by atoms with Gasteiger partial charge in [0.15, 0.2) is 0 Å². The first kappa shape index (κ1) is 15.1. The van der Waals surface area contributed by atoms with E-state index >= 15 is 0 Å². The highest BCUT2D eigenvalue weighted by Gasteiger charge is 2.30. The molecule has 0 bridgehead atoms. The lowest BCUT2D eigenvalue weighted by molar-refractivity contribution is -0.138. The molecule has 1 aliphatic carbocycles. The number of thioether (sulfide) groups is 1. The van der Waals surface area contributed by atoms with Crippen molar-refractivity contribution in [3.63, 3.8) is 0 Å². The van der Waals surface area contributed by atoms with E-state index in [-0.39, 0.29) is 18.5 Å². The Labute approximate surface area is 112 Å². The van der Waals surface area contributed by atoms with E-state index in [1.165, 1.54) is 0 Å². The fraction of sp³-hybridized carbons (Fsp3) is 0.833. The lowest BCUT2D eigenvalue weighted by Crippen LogP contribution is -2.52. The van der Waals surface area contributed by atoms with Gasteiger partial charge in [0.05, 0.1) is 6.42 Å². The average Bonchev–Trinajstić information content (AvgIpc) is 2.61. The molecule has 5 nitrogen and oxygen atoms in total. The van der Waals surface area contributed by atoms with Gasteiger partial charge in [0, 0.05) is 16.8 Å². The zero-order valence-electron chi connectivity index (χ0n) is 11.2. The lowest BCUT2D eigenvalue weighted by atomic mass is 10.0. The van der Waals surface area contributed by atoms with Crippen LogP contribution in [0.5, 0.6) is 0 Å².